The Bertz CT molecular complexity index is 1770. The van der Waals surface area contributed by atoms with Gasteiger partial charge in [0.25, 0.3) is 5.56 Å². The SMILES string of the molecule is Cn1nc(-c2ccc(=O)[nH]c2OCc2ccccc2)c2cccc(N3CCN(C[C@H]4CCN(C(=O)OC(C)(C)C)CC4(C)C)CC3)c21. The number of carbonyl (C=O) groups excluding carboxylic acids is 1. The number of hydrogen-bond donors (Lipinski definition) is 1. The van der Waals surface area contributed by atoms with Crippen LogP contribution in [-0.2, 0) is 18.4 Å². The molecule has 0 bridgehead atoms. The molecule has 2 saturated heterocycles. The van der Waals surface area contributed by atoms with Crippen molar-refractivity contribution >= 4 is 22.7 Å². The van der Waals surface area contributed by atoms with Gasteiger partial charge in [0.1, 0.15) is 17.9 Å². The zero-order valence-electron chi connectivity index (χ0n) is 28.6. The number of likely N-dealkylation sites (tertiary alicyclic amines) is 1. The first kappa shape index (κ1) is 32.6. The molecule has 6 rings (SSSR count). The van der Waals surface area contributed by atoms with E-state index in [1.54, 1.807) is 6.07 Å². The number of aryl methyl sites for hydroxylation is 1. The van der Waals surface area contributed by atoms with E-state index < -0.39 is 5.60 Å². The summed E-state index contributed by atoms with van der Waals surface area (Å²) in [6.45, 7) is 16.9. The molecular weight excluding hydrogens is 592 g/mol. The van der Waals surface area contributed by atoms with Crippen molar-refractivity contribution in [1.82, 2.24) is 24.6 Å². The minimum Gasteiger partial charge on any atom is -0.474 e. The summed E-state index contributed by atoms with van der Waals surface area (Å²) in [4.78, 5) is 34.9. The number of anilines is 1. The number of aromatic amines is 1. The fraction of sp³-hybridized carbons (Fsp3) is 0.486. The van der Waals surface area contributed by atoms with Crippen molar-refractivity contribution in [3.05, 3.63) is 76.6 Å². The van der Waals surface area contributed by atoms with E-state index in [9.17, 15) is 9.59 Å². The molecule has 1 atom stereocenters. The first-order valence-corrected chi connectivity index (χ1v) is 16.7. The topological polar surface area (TPSA) is 95.9 Å². The van der Waals surface area contributed by atoms with Gasteiger partial charge in [-0.25, -0.2) is 4.79 Å². The Kier molecular flexibility index (Phi) is 9.07. The third-order valence-electron chi connectivity index (χ3n) is 9.50. The van der Waals surface area contributed by atoms with Crippen LogP contribution >= 0.6 is 0 Å². The van der Waals surface area contributed by atoms with Crippen LogP contribution in [0.15, 0.2) is 65.5 Å². The second-order valence-corrected chi connectivity index (χ2v) is 14.6. The summed E-state index contributed by atoms with van der Waals surface area (Å²) in [5.74, 6) is 0.923. The van der Waals surface area contributed by atoms with Gasteiger partial charge in [-0.2, -0.15) is 5.10 Å². The Balaban J connectivity index is 1.14. The maximum absolute atomic E-state index is 12.7. The van der Waals surface area contributed by atoms with Gasteiger partial charge in [-0.1, -0.05) is 56.3 Å². The Labute approximate surface area is 277 Å². The fourth-order valence-corrected chi connectivity index (χ4v) is 6.96. The zero-order valence-corrected chi connectivity index (χ0v) is 28.6. The number of H-pyrrole nitrogens is 1. The van der Waals surface area contributed by atoms with Crippen LogP contribution < -0.4 is 15.2 Å². The molecule has 2 aromatic heterocycles. The highest BCUT2D eigenvalue weighted by molar-refractivity contribution is 6.01. The molecule has 2 aliphatic heterocycles. The normalized spacial score (nSPS) is 18.8. The molecule has 0 saturated carbocycles. The number of hydrogen-bond acceptors (Lipinski definition) is 7. The second kappa shape index (κ2) is 13.1. The number of rotatable bonds is 7. The number of piperazine rings is 1. The molecule has 250 valence electrons. The van der Waals surface area contributed by atoms with E-state index in [-0.39, 0.29) is 17.1 Å². The van der Waals surface area contributed by atoms with Gasteiger partial charge in [0.2, 0.25) is 5.88 Å². The van der Waals surface area contributed by atoms with Crippen LogP contribution in [0.1, 0.15) is 46.6 Å². The van der Waals surface area contributed by atoms with Crippen LogP contribution in [0, 0.1) is 11.3 Å². The summed E-state index contributed by atoms with van der Waals surface area (Å²) >= 11 is 0. The molecule has 2 aromatic carbocycles. The second-order valence-electron chi connectivity index (χ2n) is 14.6. The number of nitrogens with zero attached hydrogens (tertiary/aromatic N) is 5. The fourth-order valence-electron chi connectivity index (χ4n) is 6.96. The van der Waals surface area contributed by atoms with Gasteiger partial charge in [0.15, 0.2) is 0 Å². The van der Waals surface area contributed by atoms with Crippen LogP contribution in [0.4, 0.5) is 10.5 Å². The lowest BCUT2D eigenvalue weighted by atomic mass is 9.73. The summed E-state index contributed by atoms with van der Waals surface area (Å²) in [7, 11) is 1.98. The molecule has 2 aliphatic rings. The van der Waals surface area contributed by atoms with E-state index >= 15 is 0 Å². The number of aromatic nitrogens is 3. The molecule has 1 N–H and O–H groups in total. The van der Waals surface area contributed by atoms with E-state index in [0.717, 1.165) is 79.1 Å². The number of carbonyl (C=O) groups is 1. The largest absolute Gasteiger partial charge is 0.474 e. The predicted octanol–water partition coefficient (Wildman–Crippen LogP) is 5.91. The minimum atomic E-state index is -0.485. The van der Waals surface area contributed by atoms with Crippen molar-refractivity contribution in [2.75, 3.05) is 50.7 Å². The summed E-state index contributed by atoms with van der Waals surface area (Å²) in [6, 6.07) is 19.6. The van der Waals surface area contributed by atoms with Gasteiger partial charge >= 0.3 is 6.09 Å². The number of amides is 1. The van der Waals surface area contributed by atoms with Crippen molar-refractivity contribution < 1.29 is 14.3 Å². The summed E-state index contributed by atoms with van der Waals surface area (Å²) in [6.07, 6.45) is 0.771. The van der Waals surface area contributed by atoms with E-state index in [1.807, 2.05) is 67.7 Å². The van der Waals surface area contributed by atoms with Crippen molar-refractivity contribution in [3.8, 4) is 17.1 Å². The van der Waals surface area contributed by atoms with Crippen LogP contribution in [0.25, 0.3) is 22.2 Å². The Morgan fingerprint density at radius 1 is 0.979 bits per heavy atom. The molecule has 4 aromatic rings. The molecule has 0 unspecified atom stereocenters. The van der Waals surface area contributed by atoms with Gasteiger partial charge in [0.05, 0.1) is 16.8 Å². The molecule has 47 heavy (non-hydrogen) atoms. The monoisotopic (exact) mass is 640 g/mol. The van der Waals surface area contributed by atoms with Crippen molar-refractivity contribution in [1.29, 1.82) is 0 Å². The molecule has 10 heteroatoms. The van der Waals surface area contributed by atoms with Gasteiger partial charge in [-0.15, -0.1) is 0 Å². The first-order chi connectivity index (χ1) is 22.4. The first-order valence-electron chi connectivity index (χ1n) is 16.7. The Morgan fingerprint density at radius 2 is 1.72 bits per heavy atom. The Hall–Kier alpha value is -4.31. The third kappa shape index (κ3) is 7.32. The molecule has 0 spiro atoms. The molecule has 1 amide bonds. The smallest absolute Gasteiger partial charge is 0.410 e. The van der Waals surface area contributed by atoms with Gasteiger partial charge in [-0.3, -0.25) is 19.4 Å². The molecule has 0 aliphatic carbocycles. The molecule has 0 radical (unpaired) electrons. The van der Waals surface area contributed by atoms with Crippen molar-refractivity contribution in [3.63, 3.8) is 0 Å². The van der Waals surface area contributed by atoms with Gasteiger partial charge in [-0.05, 0) is 56.2 Å². The zero-order chi connectivity index (χ0) is 33.3. The van der Waals surface area contributed by atoms with Crippen LogP contribution in [-0.4, -0.2) is 82.1 Å². The summed E-state index contributed by atoms with van der Waals surface area (Å²) in [5.41, 5.74) is 4.08. The van der Waals surface area contributed by atoms with Gasteiger partial charge < -0.3 is 19.3 Å². The van der Waals surface area contributed by atoms with E-state index in [1.165, 1.54) is 6.07 Å². The summed E-state index contributed by atoms with van der Waals surface area (Å²) < 4.78 is 13.7. The number of fused-ring (bicyclic) bond motifs is 1. The number of ether oxygens (including phenoxy) is 2. The van der Waals surface area contributed by atoms with E-state index in [0.29, 0.717) is 24.9 Å². The number of para-hydroxylation sites is 1. The standard InChI is InChI=1S/C37H48N6O4/c1-36(2,3)47-35(45)43-18-17-27(37(4,5)25-43)23-41-19-21-42(22-20-41)30-14-10-13-28-32(39-40(6)33(28)30)29-15-16-31(44)38-34(29)46-24-26-11-8-7-9-12-26/h7-16,27H,17-25H2,1-6H3,(H,38,44)/t27-/m1/s1. The Morgan fingerprint density at radius 3 is 2.43 bits per heavy atom. The molecule has 4 heterocycles. The lowest BCUT2D eigenvalue weighted by Gasteiger charge is -2.47. The lowest BCUT2D eigenvalue weighted by Crippen LogP contribution is -2.54. The number of nitrogens with one attached hydrogen (secondary N) is 1. The summed E-state index contributed by atoms with van der Waals surface area (Å²) in [5, 5.41) is 5.96. The quantitative estimate of drug-likeness (QED) is 0.268. The molecule has 2 fully saturated rings. The third-order valence-corrected chi connectivity index (χ3v) is 9.50. The number of pyridine rings is 1. The highest BCUT2D eigenvalue weighted by atomic mass is 16.6. The average Bonchev–Trinajstić information content (AvgIpc) is 3.37. The van der Waals surface area contributed by atoms with Crippen molar-refractivity contribution in [2.45, 2.75) is 53.2 Å². The van der Waals surface area contributed by atoms with Crippen LogP contribution in [0.5, 0.6) is 5.88 Å². The van der Waals surface area contributed by atoms with Crippen molar-refractivity contribution in [2.24, 2.45) is 18.4 Å². The maximum Gasteiger partial charge on any atom is 0.410 e. The minimum absolute atomic E-state index is 0.00831. The highest BCUT2D eigenvalue weighted by Gasteiger charge is 2.40. The molecule has 10 nitrogen and oxygen atoms in total. The lowest BCUT2D eigenvalue weighted by molar-refractivity contribution is -0.0102. The number of piperidine rings is 1. The van der Waals surface area contributed by atoms with Crippen LogP contribution in [0.3, 0.4) is 0 Å². The number of benzene rings is 2. The van der Waals surface area contributed by atoms with Gasteiger partial charge in [0, 0.05) is 64.3 Å². The predicted molar refractivity (Wildman–Crippen MR) is 186 cm³/mol. The van der Waals surface area contributed by atoms with E-state index in [4.69, 9.17) is 14.6 Å². The maximum atomic E-state index is 12.7. The average molecular weight is 641 g/mol. The highest BCUT2D eigenvalue weighted by Crippen LogP contribution is 2.38. The molecular formula is C37H48N6O4. The van der Waals surface area contributed by atoms with Crippen LogP contribution in [0.2, 0.25) is 0 Å². The van der Waals surface area contributed by atoms with E-state index in [2.05, 4.69) is 46.8 Å².